The number of aromatic amines is 1. The van der Waals surface area contributed by atoms with Gasteiger partial charge in [-0.3, -0.25) is 0 Å². The van der Waals surface area contributed by atoms with Crippen molar-refractivity contribution in [2.75, 3.05) is 0 Å². The van der Waals surface area contributed by atoms with E-state index in [1.165, 1.54) is 11.6 Å². The van der Waals surface area contributed by atoms with Crippen LogP contribution in [0.15, 0.2) is 54.6 Å². The van der Waals surface area contributed by atoms with Crippen LogP contribution in [0.2, 0.25) is 5.02 Å². The number of aromatic carboxylic acids is 1. The minimum Gasteiger partial charge on any atom is -0.478 e. The van der Waals surface area contributed by atoms with Crippen LogP contribution in [-0.4, -0.2) is 21.0 Å². The molecule has 0 aliphatic carbocycles. The molecule has 0 radical (unpaired) electrons. The quantitative estimate of drug-likeness (QED) is 0.418. The highest BCUT2D eigenvalue weighted by Gasteiger charge is 2.12. The first-order valence-electron chi connectivity index (χ1n) is 9.19. The number of hydrogen-bond acceptors (Lipinski definition) is 3. The largest absolute Gasteiger partial charge is 0.478 e. The highest BCUT2D eigenvalue weighted by molar-refractivity contribution is 6.32. The molecule has 1 aromatic heterocycles. The van der Waals surface area contributed by atoms with Crippen molar-refractivity contribution in [3.8, 4) is 23.6 Å². The fourth-order valence-corrected chi connectivity index (χ4v) is 3.14. The van der Waals surface area contributed by atoms with Gasteiger partial charge in [-0.05, 0) is 55.8 Å². The van der Waals surface area contributed by atoms with E-state index in [0.717, 1.165) is 5.56 Å². The molecule has 0 saturated carbocycles. The average molecular weight is 417 g/mol. The van der Waals surface area contributed by atoms with Crippen LogP contribution < -0.4 is 4.74 Å². The number of ether oxygens (including phenoxy) is 1. The maximum atomic E-state index is 11.3. The van der Waals surface area contributed by atoms with E-state index in [1.807, 2.05) is 37.3 Å². The fourth-order valence-electron chi connectivity index (χ4n) is 2.94. The predicted octanol–water partition coefficient (Wildman–Crippen LogP) is 5.72. The summed E-state index contributed by atoms with van der Waals surface area (Å²) in [6, 6.07) is 16.6. The minimum absolute atomic E-state index is 0.181. The highest BCUT2D eigenvalue weighted by atomic mass is 35.5. The highest BCUT2D eigenvalue weighted by Crippen LogP contribution is 2.27. The Balaban J connectivity index is 1.63. The van der Waals surface area contributed by atoms with Gasteiger partial charge in [0.2, 0.25) is 0 Å². The van der Waals surface area contributed by atoms with Gasteiger partial charge in [-0.15, -0.1) is 0 Å². The van der Waals surface area contributed by atoms with Crippen molar-refractivity contribution in [3.05, 3.63) is 87.4 Å². The summed E-state index contributed by atoms with van der Waals surface area (Å²) in [6.45, 7) is 3.76. The number of hydrogen-bond donors (Lipinski definition) is 2. The number of halogens is 1. The van der Waals surface area contributed by atoms with E-state index in [0.29, 0.717) is 32.9 Å². The molecule has 5 nitrogen and oxygen atoms in total. The first-order chi connectivity index (χ1) is 14.4. The van der Waals surface area contributed by atoms with Gasteiger partial charge in [0.1, 0.15) is 5.75 Å². The molecule has 1 heterocycles. The fraction of sp³-hybridized carbons (Fsp3) is 0.0833. The number of benzene rings is 3. The van der Waals surface area contributed by atoms with Crippen LogP contribution in [0.3, 0.4) is 0 Å². The number of rotatable bonds is 3. The van der Waals surface area contributed by atoms with Gasteiger partial charge in [0.15, 0.2) is 0 Å². The van der Waals surface area contributed by atoms with Crippen LogP contribution in [0.5, 0.6) is 11.8 Å². The number of carboxylic acids is 1. The summed E-state index contributed by atoms with van der Waals surface area (Å²) < 4.78 is 5.72. The van der Waals surface area contributed by atoms with Crippen molar-refractivity contribution >= 4 is 28.6 Å². The topological polar surface area (TPSA) is 75.2 Å². The molecule has 0 atom stereocenters. The molecule has 0 amide bonds. The molecule has 0 saturated heterocycles. The summed E-state index contributed by atoms with van der Waals surface area (Å²) >= 11 is 6.37. The van der Waals surface area contributed by atoms with Crippen LogP contribution in [0, 0.1) is 25.7 Å². The number of aryl methyl sites for hydroxylation is 2. The molecular formula is C24H17ClN2O3. The third-order valence-corrected chi connectivity index (χ3v) is 4.91. The molecule has 4 rings (SSSR count). The Hall–Kier alpha value is -3.75. The van der Waals surface area contributed by atoms with Gasteiger partial charge in [0.05, 0.1) is 21.6 Å². The second-order valence-corrected chi connectivity index (χ2v) is 7.30. The van der Waals surface area contributed by atoms with Gasteiger partial charge >= 0.3 is 5.97 Å². The summed E-state index contributed by atoms with van der Waals surface area (Å²) in [6.07, 6.45) is 0. The Kier molecular flexibility index (Phi) is 5.18. The van der Waals surface area contributed by atoms with Gasteiger partial charge in [-0.25, -0.2) is 4.79 Å². The smallest absolute Gasteiger partial charge is 0.336 e. The number of imidazole rings is 1. The lowest BCUT2D eigenvalue weighted by Crippen LogP contribution is -2.00. The molecular weight excluding hydrogens is 400 g/mol. The Morgan fingerprint density at radius 2 is 1.83 bits per heavy atom. The van der Waals surface area contributed by atoms with Gasteiger partial charge in [-0.2, -0.15) is 4.98 Å². The third kappa shape index (κ3) is 4.14. The SMILES string of the molecule is Cc1ccc(C#Cc2cc3[nH]c(Oc4ccc(C)c(C(=O)O)c4)nc3cc2Cl)cc1. The van der Waals surface area contributed by atoms with Crippen molar-refractivity contribution in [3.63, 3.8) is 0 Å². The molecule has 2 N–H and O–H groups in total. The third-order valence-electron chi connectivity index (χ3n) is 4.60. The maximum Gasteiger partial charge on any atom is 0.336 e. The number of carbonyl (C=O) groups is 1. The number of aromatic nitrogens is 2. The molecule has 0 aliphatic heterocycles. The molecule has 4 aromatic rings. The van der Waals surface area contributed by atoms with Crippen molar-refractivity contribution in [1.29, 1.82) is 0 Å². The predicted molar refractivity (Wildman–Crippen MR) is 116 cm³/mol. The molecule has 0 aliphatic rings. The summed E-state index contributed by atoms with van der Waals surface area (Å²) in [5.41, 5.74) is 4.93. The molecule has 3 aromatic carbocycles. The molecule has 6 heteroatoms. The molecule has 0 fully saturated rings. The number of nitrogens with zero attached hydrogens (tertiary/aromatic N) is 1. The lowest BCUT2D eigenvalue weighted by atomic mass is 10.1. The van der Waals surface area contributed by atoms with E-state index in [1.54, 1.807) is 25.1 Å². The van der Waals surface area contributed by atoms with Crippen molar-refractivity contribution in [1.82, 2.24) is 9.97 Å². The van der Waals surface area contributed by atoms with Gasteiger partial charge in [-0.1, -0.05) is 47.2 Å². The zero-order chi connectivity index (χ0) is 21.3. The van der Waals surface area contributed by atoms with Crippen molar-refractivity contribution in [2.24, 2.45) is 0 Å². The Labute approximate surface area is 178 Å². The summed E-state index contributed by atoms with van der Waals surface area (Å²) in [7, 11) is 0. The van der Waals surface area contributed by atoms with E-state index in [9.17, 15) is 9.90 Å². The van der Waals surface area contributed by atoms with E-state index < -0.39 is 5.97 Å². The zero-order valence-corrected chi connectivity index (χ0v) is 17.0. The number of H-pyrrole nitrogens is 1. The van der Waals surface area contributed by atoms with E-state index in [-0.39, 0.29) is 11.6 Å². The molecule has 30 heavy (non-hydrogen) atoms. The molecule has 0 unspecified atom stereocenters. The number of carboxylic acid groups (broad SMARTS) is 1. The first kappa shape index (κ1) is 19.6. The van der Waals surface area contributed by atoms with E-state index in [4.69, 9.17) is 16.3 Å². The summed E-state index contributed by atoms with van der Waals surface area (Å²) in [5.74, 6) is 5.57. The Bertz CT molecular complexity index is 1330. The zero-order valence-electron chi connectivity index (χ0n) is 16.3. The van der Waals surface area contributed by atoms with Crippen molar-refractivity contribution in [2.45, 2.75) is 13.8 Å². The Morgan fingerprint density at radius 1 is 1.07 bits per heavy atom. The average Bonchev–Trinajstić information content (AvgIpc) is 3.09. The molecule has 148 valence electrons. The summed E-state index contributed by atoms with van der Waals surface area (Å²) in [4.78, 5) is 18.8. The van der Waals surface area contributed by atoms with Crippen molar-refractivity contribution < 1.29 is 14.6 Å². The number of nitrogens with one attached hydrogen (secondary N) is 1. The molecule has 0 bridgehead atoms. The monoisotopic (exact) mass is 416 g/mol. The minimum atomic E-state index is -1.01. The van der Waals surface area contributed by atoms with Crippen LogP contribution in [0.1, 0.15) is 32.6 Å². The summed E-state index contributed by atoms with van der Waals surface area (Å²) in [5, 5.41) is 9.76. The van der Waals surface area contributed by atoms with E-state index in [2.05, 4.69) is 21.8 Å². The van der Waals surface area contributed by atoms with Crippen LogP contribution in [-0.2, 0) is 0 Å². The first-order valence-corrected chi connectivity index (χ1v) is 9.56. The normalized spacial score (nSPS) is 10.5. The second-order valence-electron chi connectivity index (χ2n) is 6.89. The van der Waals surface area contributed by atoms with E-state index >= 15 is 0 Å². The van der Waals surface area contributed by atoms with Gasteiger partial charge in [0.25, 0.3) is 6.01 Å². The van der Waals surface area contributed by atoms with Crippen LogP contribution in [0.25, 0.3) is 11.0 Å². The lowest BCUT2D eigenvalue weighted by molar-refractivity contribution is 0.0695. The second kappa shape index (κ2) is 7.94. The standard InChI is InChI=1S/C24H17ClN2O3/c1-14-3-6-16(7-4-14)8-9-17-11-21-22(13-20(17)25)27-24(26-21)30-18-10-5-15(2)19(12-18)23(28)29/h3-7,10-13H,1-2H3,(H,26,27)(H,28,29). The maximum absolute atomic E-state index is 11.3. The number of fused-ring (bicyclic) bond motifs is 1. The van der Waals surface area contributed by atoms with Crippen LogP contribution in [0.4, 0.5) is 0 Å². The van der Waals surface area contributed by atoms with Crippen LogP contribution >= 0.6 is 11.6 Å². The van der Waals surface area contributed by atoms with Gasteiger partial charge in [0, 0.05) is 11.1 Å². The lowest BCUT2D eigenvalue weighted by Gasteiger charge is -2.05. The van der Waals surface area contributed by atoms with Gasteiger partial charge < -0.3 is 14.8 Å². The Morgan fingerprint density at radius 3 is 2.57 bits per heavy atom. The molecule has 0 spiro atoms.